The molecule has 4 nitrogen and oxygen atoms in total. The van der Waals surface area contributed by atoms with E-state index in [1.807, 2.05) is 35.0 Å². The molecular weight excluding hydrogens is 327 g/mol. The van der Waals surface area contributed by atoms with E-state index in [0.717, 1.165) is 16.6 Å². The van der Waals surface area contributed by atoms with Crippen molar-refractivity contribution in [1.29, 1.82) is 0 Å². The van der Waals surface area contributed by atoms with Gasteiger partial charge in [-0.05, 0) is 36.4 Å². The highest BCUT2D eigenvalue weighted by molar-refractivity contribution is 7.99. The van der Waals surface area contributed by atoms with Gasteiger partial charge in [-0.3, -0.25) is 4.57 Å². The van der Waals surface area contributed by atoms with E-state index in [-0.39, 0.29) is 11.6 Å². The molecule has 0 saturated carbocycles. The maximum Gasteiger partial charge on any atom is 0.172 e. The molecule has 1 aromatic heterocycles. The Morgan fingerprint density at radius 3 is 2.67 bits per heavy atom. The van der Waals surface area contributed by atoms with E-state index in [4.69, 9.17) is 9.47 Å². The molecule has 0 aliphatic heterocycles. The number of ether oxygens (including phenoxy) is 2. The van der Waals surface area contributed by atoms with E-state index < -0.39 is 0 Å². The first-order chi connectivity index (χ1) is 11.8. The summed E-state index contributed by atoms with van der Waals surface area (Å²) < 4.78 is 26.1. The Labute approximate surface area is 144 Å². The average molecular weight is 344 g/mol. The molecule has 6 heteroatoms. The van der Waals surface area contributed by atoms with Crippen molar-refractivity contribution in [2.45, 2.75) is 5.16 Å². The van der Waals surface area contributed by atoms with Crippen LogP contribution in [0, 0.1) is 5.82 Å². The predicted octanol–water partition coefficient (Wildman–Crippen LogP) is 4.19. The molecule has 3 rings (SSSR count). The second kappa shape index (κ2) is 7.88. The second-order valence-corrected chi connectivity index (χ2v) is 5.97. The standard InChI is InChI=1S/C18H17FN2O2S/c1-22-15-8-6-14(7-9-15)21-11-10-20-18(21)24-13-12-23-17-5-3-2-4-16(17)19/h2-11H,12-13H2,1H3. The fraction of sp³-hybridized carbons (Fsp3) is 0.167. The predicted molar refractivity (Wildman–Crippen MR) is 92.7 cm³/mol. The van der Waals surface area contributed by atoms with Crippen molar-refractivity contribution < 1.29 is 13.9 Å². The Morgan fingerprint density at radius 1 is 1.12 bits per heavy atom. The summed E-state index contributed by atoms with van der Waals surface area (Å²) in [6.45, 7) is 0.404. The third-order valence-electron chi connectivity index (χ3n) is 3.37. The van der Waals surface area contributed by atoms with Crippen LogP contribution in [-0.2, 0) is 0 Å². The van der Waals surface area contributed by atoms with E-state index in [1.165, 1.54) is 6.07 Å². The SMILES string of the molecule is COc1ccc(-n2ccnc2SCCOc2ccccc2F)cc1. The van der Waals surface area contributed by atoms with Gasteiger partial charge in [0, 0.05) is 23.8 Å². The number of nitrogens with zero attached hydrogens (tertiary/aromatic N) is 2. The van der Waals surface area contributed by atoms with Crippen LogP contribution in [-0.4, -0.2) is 29.0 Å². The van der Waals surface area contributed by atoms with E-state index in [9.17, 15) is 4.39 Å². The topological polar surface area (TPSA) is 36.3 Å². The molecule has 0 aliphatic carbocycles. The number of imidazole rings is 1. The molecule has 2 aromatic carbocycles. The van der Waals surface area contributed by atoms with Gasteiger partial charge in [-0.15, -0.1) is 0 Å². The van der Waals surface area contributed by atoms with Gasteiger partial charge in [-0.25, -0.2) is 9.37 Å². The largest absolute Gasteiger partial charge is 0.497 e. The van der Waals surface area contributed by atoms with Crippen molar-refractivity contribution >= 4 is 11.8 Å². The Morgan fingerprint density at radius 2 is 1.92 bits per heavy atom. The number of hydrogen-bond donors (Lipinski definition) is 0. The number of aromatic nitrogens is 2. The monoisotopic (exact) mass is 344 g/mol. The smallest absolute Gasteiger partial charge is 0.172 e. The fourth-order valence-corrected chi connectivity index (χ4v) is 2.97. The highest BCUT2D eigenvalue weighted by Gasteiger charge is 2.07. The molecule has 124 valence electrons. The maximum atomic E-state index is 13.5. The molecule has 0 aliphatic rings. The van der Waals surface area contributed by atoms with Gasteiger partial charge in [0.15, 0.2) is 16.7 Å². The van der Waals surface area contributed by atoms with Crippen LogP contribution in [0.2, 0.25) is 0 Å². The van der Waals surface area contributed by atoms with Crippen LogP contribution in [0.15, 0.2) is 66.1 Å². The van der Waals surface area contributed by atoms with Gasteiger partial charge in [0.2, 0.25) is 0 Å². The summed E-state index contributed by atoms with van der Waals surface area (Å²) in [5, 5.41) is 0.859. The summed E-state index contributed by atoms with van der Waals surface area (Å²) in [6, 6.07) is 14.2. The number of hydrogen-bond acceptors (Lipinski definition) is 4. The summed E-state index contributed by atoms with van der Waals surface area (Å²) in [5.74, 6) is 1.41. The van der Waals surface area contributed by atoms with E-state index in [2.05, 4.69) is 4.98 Å². The number of halogens is 1. The Kier molecular flexibility index (Phi) is 5.38. The number of methoxy groups -OCH3 is 1. The number of benzene rings is 2. The Hall–Kier alpha value is -2.47. The molecular formula is C18H17FN2O2S. The van der Waals surface area contributed by atoms with Crippen LogP contribution < -0.4 is 9.47 Å². The zero-order chi connectivity index (χ0) is 16.8. The number of thioether (sulfide) groups is 1. The summed E-state index contributed by atoms with van der Waals surface area (Å²) >= 11 is 1.56. The van der Waals surface area contributed by atoms with E-state index in [0.29, 0.717) is 12.4 Å². The lowest BCUT2D eigenvalue weighted by molar-refractivity contribution is 0.325. The van der Waals surface area contributed by atoms with Crippen molar-refractivity contribution in [3.63, 3.8) is 0 Å². The average Bonchev–Trinajstić information content (AvgIpc) is 3.09. The van der Waals surface area contributed by atoms with Crippen molar-refractivity contribution in [3.8, 4) is 17.2 Å². The summed E-state index contributed by atoms with van der Waals surface area (Å²) in [7, 11) is 1.64. The molecule has 0 saturated heterocycles. The molecule has 0 spiro atoms. The zero-order valence-electron chi connectivity index (χ0n) is 13.2. The fourth-order valence-electron chi connectivity index (χ4n) is 2.18. The molecule has 0 unspecified atom stereocenters. The highest BCUT2D eigenvalue weighted by atomic mass is 32.2. The maximum absolute atomic E-state index is 13.5. The normalized spacial score (nSPS) is 10.6. The van der Waals surface area contributed by atoms with Crippen LogP contribution in [0.4, 0.5) is 4.39 Å². The van der Waals surface area contributed by atoms with Gasteiger partial charge in [0.05, 0.1) is 13.7 Å². The summed E-state index contributed by atoms with van der Waals surface area (Å²) in [6.07, 6.45) is 3.66. The quantitative estimate of drug-likeness (QED) is 0.476. The van der Waals surface area contributed by atoms with Gasteiger partial charge < -0.3 is 9.47 Å². The first kappa shape index (κ1) is 16.4. The molecule has 3 aromatic rings. The lowest BCUT2D eigenvalue weighted by Gasteiger charge is -2.09. The minimum absolute atomic E-state index is 0.275. The van der Waals surface area contributed by atoms with Crippen molar-refractivity contribution in [3.05, 3.63) is 66.7 Å². The number of para-hydroxylation sites is 1. The van der Waals surface area contributed by atoms with Crippen molar-refractivity contribution in [1.82, 2.24) is 9.55 Å². The minimum Gasteiger partial charge on any atom is -0.497 e. The third kappa shape index (κ3) is 3.89. The van der Waals surface area contributed by atoms with E-state index >= 15 is 0 Å². The zero-order valence-corrected chi connectivity index (χ0v) is 14.0. The second-order valence-electron chi connectivity index (χ2n) is 4.91. The Balaban J connectivity index is 1.58. The van der Waals surface area contributed by atoms with Gasteiger partial charge in [-0.1, -0.05) is 23.9 Å². The summed E-state index contributed by atoms with van der Waals surface area (Å²) in [5.41, 5.74) is 1.01. The molecule has 0 radical (unpaired) electrons. The third-order valence-corrected chi connectivity index (χ3v) is 4.30. The minimum atomic E-state index is -0.345. The lowest BCUT2D eigenvalue weighted by atomic mass is 10.3. The van der Waals surface area contributed by atoms with Crippen molar-refractivity contribution in [2.24, 2.45) is 0 Å². The van der Waals surface area contributed by atoms with Crippen molar-refractivity contribution in [2.75, 3.05) is 19.5 Å². The molecule has 0 bridgehead atoms. The Bertz CT molecular complexity index is 790. The molecule has 0 N–H and O–H groups in total. The molecule has 0 fully saturated rings. The first-order valence-corrected chi connectivity index (χ1v) is 8.44. The number of rotatable bonds is 7. The van der Waals surface area contributed by atoms with Crippen LogP contribution in [0.3, 0.4) is 0 Å². The first-order valence-electron chi connectivity index (χ1n) is 7.46. The van der Waals surface area contributed by atoms with Crippen LogP contribution in [0.25, 0.3) is 5.69 Å². The van der Waals surface area contributed by atoms with Crippen LogP contribution in [0.5, 0.6) is 11.5 Å². The van der Waals surface area contributed by atoms with Gasteiger partial charge in [-0.2, -0.15) is 0 Å². The van der Waals surface area contributed by atoms with Crippen LogP contribution in [0.1, 0.15) is 0 Å². The molecule has 24 heavy (non-hydrogen) atoms. The highest BCUT2D eigenvalue weighted by Crippen LogP contribution is 2.22. The lowest BCUT2D eigenvalue weighted by Crippen LogP contribution is -2.03. The molecule has 0 atom stereocenters. The van der Waals surface area contributed by atoms with Gasteiger partial charge >= 0.3 is 0 Å². The molecule has 0 amide bonds. The molecule has 1 heterocycles. The van der Waals surface area contributed by atoms with Crippen LogP contribution >= 0.6 is 11.8 Å². The van der Waals surface area contributed by atoms with Gasteiger partial charge in [0.25, 0.3) is 0 Å². The summed E-state index contributed by atoms with van der Waals surface area (Å²) in [4.78, 5) is 4.36. The van der Waals surface area contributed by atoms with E-state index in [1.54, 1.807) is 43.3 Å². The van der Waals surface area contributed by atoms with Gasteiger partial charge in [0.1, 0.15) is 5.75 Å².